The van der Waals surface area contributed by atoms with Gasteiger partial charge in [0.1, 0.15) is 5.75 Å². The Morgan fingerprint density at radius 3 is 2.26 bits per heavy atom. The maximum Gasteiger partial charge on any atom is 0.239 e. The van der Waals surface area contributed by atoms with Gasteiger partial charge in [0.25, 0.3) is 0 Å². The van der Waals surface area contributed by atoms with E-state index in [2.05, 4.69) is 15.4 Å². The molecule has 3 N–H and O–H groups in total. The predicted octanol–water partition coefficient (Wildman–Crippen LogP) is 3.27. The number of sulfone groups is 1. The molecular formula is C17H14Cl2F4N2O5S. The van der Waals surface area contributed by atoms with Crippen molar-refractivity contribution in [2.75, 3.05) is 31.3 Å². The van der Waals surface area contributed by atoms with E-state index in [-0.39, 0.29) is 21.5 Å². The topological polar surface area (TPSA) is 105 Å². The molecule has 31 heavy (non-hydrogen) atoms. The highest BCUT2D eigenvalue weighted by Gasteiger charge is 2.33. The minimum absolute atomic E-state index is 0.0706. The van der Waals surface area contributed by atoms with Gasteiger partial charge in [-0.05, 0) is 6.07 Å². The van der Waals surface area contributed by atoms with E-state index in [1.807, 2.05) is 0 Å². The number of carbonyl (C=O) groups excluding carboxylic acids is 1. The first-order valence-electron chi connectivity index (χ1n) is 8.22. The Bertz CT molecular complexity index is 1130. The second-order valence-corrected chi connectivity index (χ2v) is 8.78. The summed E-state index contributed by atoms with van der Waals surface area (Å²) in [4.78, 5) is 10.4. The van der Waals surface area contributed by atoms with Gasteiger partial charge in [0.15, 0.2) is 32.1 Å². The van der Waals surface area contributed by atoms with Crippen LogP contribution in [-0.2, 0) is 14.6 Å². The lowest BCUT2D eigenvalue weighted by Gasteiger charge is -2.13. The van der Waals surface area contributed by atoms with Gasteiger partial charge in [0.05, 0.1) is 35.1 Å². The molecule has 7 nitrogen and oxygen atoms in total. The van der Waals surface area contributed by atoms with Crippen LogP contribution in [-0.4, -0.2) is 45.4 Å². The van der Waals surface area contributed by atoms with E-state index < -0.39 is 68.5 Å². The zero-order chi connectivity index (χ0) is 23.5. The number of methoxy groups -OCH3 is 1. The average Bonchev–Trinajstić information content (AvgIpc) is 2.70. The largest absolute Gasteiger partial charge is 0.506 e. The van der Waals surface area contributed by atoms with Crippen LogP contribution in [0.25, 0.3) is 0 Å². The molecular weight excluding hydrogens is 491 g/mol. The van der Waals surface area contributed by atoms with Gasteiger partial charge in [-0.3, -0.25) is 4.79 Å². The number of rotatable bonds is 8. The number of ether oxygens (including phenoxy) is 1. The molecule has 14 heteroatoms. The Hall–Kier alpha value is -2.44. The highest BCUT2D eigenvalue weighted by atomic mass is 35.5. The monoisotopic (exact) mass is 504 g/mol. The number of carbonyl (C=O) groups is 1. The minimum atomic E-state index is -4.73. The maximum absolute atomic E-state index is 14.0. The van der Waals surface area contributed by atoms with E-state index in [0.717, 1.165) is 13.2 Å². The summed E-state index contributed by atoms with van der Waals surface area (Å²) in [6, 6.07) is 2.39. The second kappa shape index (κ2) is 9.79. The van der Waals surface area contributed by atoms with E-state index in [1.165, 1.54) is 6.07 Å². The quantitative estimate of drug-likeness (QED) is 0.167. The molecule has 0 radical (unpaired) electrons. The Morgan fingerprint density at radius 1 is 1.06 bits per heavy atom. The van der Waals surface area contributed by atoms with Gasteiger partial charge in [-0.1, -0.05) is 23.2 Å². The fourth-order valence-electron chi connectivity index (χ4n) is 2.39. The lowest BCUT2D eigenvalue weighted by Crippen LogP contribution is -2.33. The number of anilines is 1. The van der Waals surface area contributed by atoms with Gasteiger partial charge < -0.3 is 20.5 Å². The van der Waals surface area contributed by atoms with Crippen molar-refractivity contribution in [3.05, 3.63) is 45.4 Å². The number of amides is 1. The average molecular weight is 505 g/mol. The zero-order valence-corrected chi connectivity index (χ0v) is 17.9. The number of halogens is 6. The lowest BCUT2D eigenvalue weighted by atomic mass is 10.3. The fourth-order valence-corrected chi connectivity index (χ4v) is 4.11. The van der Waals surface area contributed by atoms with Crippen molar-refractivity contribution in [1.29, 1.82) is 0 Å². The van der Waals surface area contributed by atoms with Gasteiger partial charge in [0, 0.05) is 12.6 Å². The summed E-state index contributed by atoms with van der Waals surface area (Å²) in [5.41, 5.74) is 0.0706. The molecule has 0 atom stereocenters. The van der Waals surface area contributed by atoms with E-state index >= 15 is 0 Å². The number of phenols is 1. The van der Waals surface area contributed by atoms with Gasteiger partial charge in [0.2, 0.25) is 17.5 Å². The summed E-state index contributed by atoms with van der Waals surface area (Å²) >= 11 is 11.5. The Morgan fingerprint density at radius 2 is 1.65 bits per heavy atom. The number of phenolic OH excluding ortho intramolecular Hbond substituents is 1. The van der Waals surface area contributed by atoms with Gasteiger partial charge >= 0.3 is 0 Å². The van der Waals surface area contributed by atoms with Crippen molar-refractivity contribution < 1.29 is 40.6 Å². The fraction of sp³-hybridized carbons (Fsp3) is 0.235. The van der Waals surface area contributed by atoms with Crippen LogP contribution >= 0.6 is 23.2 Å². The summed E-state index contributed by atoms with van der Waals surface area (Å²) < 4.78 is 83.5. The predicted molar refractivity (Wildman–Crippen MR) is 105 cm³/mol. The molecule has 2 rings (SSSR count). The van der Waals surface area contributed by atoms with E-state index in [4.69, 9.17) is 23.2 Å². The van der Waals surface area contributed by atoms with E-state index in [0.29, 0.717) is 0 Å². The molecule has 0 aliphatic rings. The van der Waals surface area contributed by atoms with Gasteiger partial charge in [-0.15, -0.1) is 0 Å². The molecule has 0 fully saturated rings. The first-order valence-corrected chi connectivity index (χ1v) is 10.6. The van der Waals surface area contributed by atoms with Crippen LogP contribution in [0.3, 0.4) is 0 Å². The second-order valence-electron chi connectivity index (χ2n) is 5.92. The highest BCUT2D eigenvalue weighted by Crippen LogP contribution is 2.35. The third-order valence-corrected chi connectivity index (χ3v) is 6.32. The number of benzene rings is 2. The van der Waals surface area contributed by atoms with Crippen molar-refractivity contribution in [2.45, 2.75) is 4.90 Å². The third-order valence-electron chi connectivity index (χ3n) is 3.87. The zero-order valence-electron chi connectivity index (χ0n) is 15.5. The van der Waals surface area contributed by atoms with Crippen molar-refractivity contribution in [2.24, 2.45) is 0 Å². The van der Waals surface area contributed by atoms with Crippen LogP contribution in [0.5, 0.6) is 11.5 Å². The first kappa shape index (κ1) is 24.8. The molecule has 2 aromatic rings. The van der Waals surface area contributed by atoms with Crippen molar-refractivity contribution in [1.82, 2.24) is 5.32 Å². The Balaban J connectivity index is 2.05. The lowest BCUT2D eigenvalue weighted by molar-refractivity contribution is -0.119. The van der Waals surface area contributed by atoms with E-state index in [1.54, 1.807) is 0 Å². The summed E-state index contributed by atoms with van der Waals surface area (Å²) in [5, 5.41) is 14.6. The molecule has 0 saturated heterocycles. The highest BCUT2D eigenvalue weighted by molar-refractivity contribution is 7.91. The van der Waals surface area contributed by atoms with Crippen LogP contribution in [0.2, 0.25) is 10.0 Å². The van der Waals surface area contributed by atoms with Gasteiger partial charge in [-0.2, -0.15) is 4.39 Å². The SMILES string of the molecule is COc1c(F)c(F)c(F)c(F)c1S(=O)(=O)CCNC(=O)CNc1cc(Cl)c(Cl)cc1O. The molecule has 0 aromatic heterocycles. The molecule has 0 heterocycles. The van der Waals surface area contributed by atoms with Crippen LogP contribution in [0.4, 0.5) is 23.2 Å². The molecule has 2 aromatic carbocycles. The Labute approximate surface area is 183 Å². The molecule has 0 spiro atoms. The molecule has 0 aliphatic carbocycles. The smallest absolute Gasteiger partial charge is 0.239 e. The standard InChI is InChI=1S/C17H14Cl2F4N2O5S/c1-30-16-14(22)12(20)13(21)15(23)17(16)31(28,29)3-2-24-11(27)6-25-9-4-7(18)8(19)5-10(9)26/h4-5,25-26H,2-3,6H2,1H3,(H,24,27). The summed E-state index contributed by atoms with van der Waals surface area (Å²) in [7, 11) is -3.98. The Kier molecular flexibility index (Phi) is 7.84. The maximum atomic E-state index is 14.0. The molecule has 0 bridgehead atoms. The number of aromatic hydroxyl groups is 1. The van der Waals surface area contributed by atoms with E-state index in [9.17, 15) is 35.9 Å². The minimum Gasteiger partial charge on any atom is -0.506 e. The van der Waals surface area contributed by atoms with Gasteiger partial charge in [-0.25, -0.2) is 21.6 Å². The number of nitrogens with one attached hydrogen (secondary N) is 2. The molecule has 170 valence electrons. The van der Waals surface area contributed by atoms with Crippen LogP contribution in [0, 0.1) is 23.3 Å². The number of hydrogen-bond acceptors (Lipinski definition) is 6. The first-order chi connectivity index (χ1) is 14.4. The normalized spacial score (nSPS) is 11.3. The van der Waals surface area contributed by atoms with Crippen molar-refractivity contribution in [3.63, 3.8) is 0 Å². The third kappa shape index (κ3) is 5.43. The van der Waals surface area contributed by atoms with Crippen molar-refractivity contribution in [3.8, 4) is 11.5 Å². The van der Waals surface area contributed by atoms with Crippen LogP contribution in [0.1, 0.15) is 0 Å². The summed E-state index contributed by atoms with van der Waals surface area (Å²) in [6.07, 6.45) is 0. The molecule has 0 unspecified atom stereocenters. The van der Waals surface area contributed by atoms with Crippen molar-refractivity contribution >= 4 is 44.6 Å². The molecule has 1 amide bonds. The summed E-state index contributed by atoms with van der Waals surface area (Å²) in [6.45, 7) is -1.01. The summed E-state index contributed by atoms with van der Waals surface area (Å²) in [5.74, 6) is -12.0. The molecule has 0 aliphatic heterocycles. The van der Waals surface area contributed by atoms with Crippen LogP contribution < -0.4 is 15.4 Å². The number of hydrogen-bond donors (Lipinski definition) is 3. The van der Waals surface area contributed by atoms with Crippen LogP contribution in [0.15, 0.2) is 17.0 Å². The molecule has 0 saturated carbocycles.